The summed E-state index contributed by atoms with van der Waals surface area (Å²) in [5.41, 5.74) is 0.909. The van der Waals surface area contributed by atoms with Crippen molar-refractivity contribution in [1.82, 2.24) is 9.97 Å². The van der Waals surface area contributed by atoms with Gasteiger partial charge in [0.15, 0.2) is 0 Å². The topological polar surface area (TPSA) is 25.8 Å². The van der Waals surface area contributed by atoms with Crippen molar-refractivity contribution in [3.05, 3.63) is 17.0 Å². The van der Waals surface area contributed by atoms with Gasteiger partial charge in [0.2, 0.25) is 5.28 Å². The SMILES string of the molecule is Cc1cc(SC(C)(C)C)nc(Cl)n1. The third-order valence-corrected chi connectivity index (χ3v) is 2.41. The summed E-state index contributed by atoms with van der Waals surface area (Å²) in [5.74, 6) is 0. The monoisotopic (exact) mass is 216 g/mol. The minimum atomic E-state index is 0.157. The second-order valence-electron chi connectivity index (χ2n) is 3.83. The molecule has 0 aromatic carbocycles. The second-order valence-corrected chi connectivity index (χ2v) is 6.02. The summed E-state index contributed by atoms with van der Waals surface area (Å²) < 4.78 is 0.157. The summed E-state index contributed by atoms with van der Waals surface area (Å²) in [4.78, 5) is 8.14. The van der Waals surface area contributed by atoms with E-state index in [1.807, 2.05) is 13.0 Å². The van der Waals surface area contributed by atoms with Gasteiger partial charge in [-0.25, -0.2) is 9.97 Å². The first kappa shape index (κ1) is 10.8. The van der Waals surface area contributed by atoms with Crippen molar-refractivity contribution in [2.75, 3.05) is 0 Å². The van der Waals surface area contributed by atoms with Gasteiger partial charge in [-0.1, -0.05) is 20.8 Å². The fourth-order valence-electron chi connectivity index (χ4n) is 0.871. The van der Waals surface area contributed by atoms with Crippen molar-refractivity contribution in [3.63, 3.8) is 0 Å². The number of halogens is 1. The van der Waals surface area contributed by atoms with Crippen LogP contribution >= 0.6 is 23.4 Å². The standard InChI is InChI=1S/C9H13ClN2S/c1-6-5-7(12-8(10)11-6)13-9(2,3)4/h5H,1-4H3. The Morgan fingerprint density at radius 1 is 1.31 bits per heavy atom. The molecule has 72 valence electrons. The van der Waals surface area contributed by atoms with Crippen LogP contribution in [-0.2, 0) is 0 Å². The Labute approximate surface area is 88.1 Å². The molecule has 1 aromatic rings. The van der Waals surface area contributed by atoms with E-state index in [9.17, 15) is 0 Å². The summed E-state index contributed by atoms with van der Waals surface area (Å²) in [6.07, 6.45) is 0. The molecule has 0 spiro atoms. The molecule has 0 radical (unpaired) electrons. The van der Waals surface area contributed by atoms with E-state index in [0.717, 1.165) is 10.7 Å². The zero-order valence-electron chi connectivity index (χ0n) is 8.26. The maximum atomic E-state index is 5.74. The highest BCUT2D eigenvalue weighted by atomic mass is 35.5. The van der Waals surface area contributed by atoms with Crippen LogP contribution in [0.25, 0.3) is 0 Å². The van der Waals surface area contributed by atoms with Crippen LogP contribution in [0.15, 0.2) is 11.1 Å². The van der Waals surface area contributed by atoms with Gasteiger partial charge in [-0.15, -0.1) is 11.8 Å². The van der Waals surface area contributed by atoms with Gasteiger partial charge in [-0.05, 0) is 24.6 Å². The molecule has 0 bridgehead atoms. The first-order chi connectivity index (χ1) is 5.87. The third kappa shape index (κ3) is 3.96. The van der Waals surface area contributed by atoms with E-state index in [0.29, 0.717) is 5.28 Å². The smallest absolute Gasteiger partial charge is 0.223 e. The molecule has 0 unspecified atom stereocenters. The summed E-state index contributed by atoms with van der Waals surface area (Å²) in [6, 6.07) is 1.95. The lowest BCUT2D eigenvalue weighted by Crippen LogP contribution is -2.07. The predicted molar refractivity (Wildman–Crippen MR) is 57.4 cm³/mol. The average Bonchev–Trinajstić information content (AvgIpc) is 1.78. The normalized spacial score (nSPS) is 11.8. The molecular formula is C9H13ClN2S. The minimum Gasteiger partial charge on any atom is -0.223 e. The molecule has 1 heterocycles. The van der Waals surface area contributed by atoms with Crippen LogP contribution in [-0.4, -0.2) is 14.7 Å². The molecule has 0 aliphatic heterocycles. The number of thioether (sulfide) groups is 1. The van der Waals surface area contributed by atoms with Gasteiger partial charge in [0, 0.05) is 10.4 Å². The Bertz CT molecular complexity index is 287. The number of rotatable bonds is 1. The summed E-state index contributed by atoms with van der Waals surface area (Å²) in [5, 5.41) is 1.26. The Hall–Kier alpha value is -0.280. The molecule has 0 atom stereocenters. The van der Waals surface area contributed by atoms with Gasteiger partial charge >= 0.3 is 0 Å². The number of hydrogen-bond acceptors (Lipinski definition) is 3. The van der Waals surface area contributed by atoms with E-state index in [1.165, 1.54) is 0 Å². The fourth-order valence-corrected chi connectivity index (χ4v) is 2.13. The van der Waals surface area contributed by atoms with Crippen LogP contribution in [0.2, 0.25) is 5.28 Å². The van der Waals surface area contributed by atoms with Gasteiger partial charge < -0.3 is 0 Å². The molecule has 0 saturated heterocycles. The van der Waals surface area contributed by atoms with Crippen LogP contribution < -0.4 is 0 Å². The zero-order valence-corrected chi connectivity index (χ0v) is 9.83. The van der Waals surface area contributed by atoms with Crippen LogP contribution in [0.1, 0.15) is 26.5 Å². The molecule has 0 aliphatic rings. The zero-order chi connectivity index (χ0) is 10.1. The van der Waals surface area contributed by atoms with Gasteiger partial charge in [0.25, 0.3) is 0 Å². The lowest BCUT2D eigenvalue weighted by atomic mass is 10.3. The summed E-state index contributed by atoms with van der Waals surface area (Å²) in [6.45, 7) is 8.34. The van der Waals surface area contributed by atoms with Crippen LogP contribution in [0.4, 0.5) is 0 Å². The van der Waals surface area contributed by atoms with Crippen molar-refractivity contribution in [1.29, 1.82) is 0 Å². The van der Waals surface area contributed by atoms with E-state index >= 15 is 0 Å². The second kappa shape index (κ2) is 3.84. The molecule has 4 heteroatoms. The largest absolute Gasteiger partial charge is 0.223 e. The maximum Gasteiger partial charge on any atom is 0.223 e. The Morgan fingerprint density at radius 2 is 1.92 bits per heavy atom. The quantitative estimate of drug-likeness (QED) is 0.409. The molecular weight excluding hydrogens is 204 g/mol. The predicted octanol–water partition coefficient (Wildman–Crippen LogP) is 3.33. The molecule has 0 amide bonds. The number of hydrogen-bond donors (Lipinski definition) is 0. The molecule has 1 rings (SSSR count). The molecule has 13 heavy (non-hydrogen) atoms. The van der Waals surface area contributed by atoms with E-state index in [-0.39, 0.29) is 4.75 Å². The first-order valence-electron chi connectivity index (χ1n) is 4.07. The van der Waals surface area contributed by atoms with Crippen LogP contribution in [0, 0.1) is 6.92 Å². The highest BCUT2D eigenvalue weighted by Crippen LogP contribution is 2.30. The Balaban J connectivity index is 2.90. The van der Waals surface area contributed by atoms with E-state index in [1.54, 1.807) is 11.8 Å². The summed E-state index contributed by atoms with van der Waals surface area (Å²) in [7, 11) is 0. The molecule has 1 aromatic heterocycles. The van der Waals surface area contributed by atoms with Crippen molar-refractivity contribution in [3.8, 4) is 0 Å². The Morgan fingerprint density at radius 3 is 2.38 bits per heavy atom. The maximum absolute atomic E-state index is 5.74. The van der Waals surface area contributed by atoms with Gasteiger partial charge in [-0.2, -0.15) is 0 Å². The van der Waals surface area contributed by atoms with Gasteiger partial charge in [0.1, 0.15) is 5.03 Å². The fraction of sp³-hybridized carbons (Fsp3) is 0.556. The molecule has 0 fully saturated rings. The number of aromatic nitrogens is 2. The minimum absolute atomic E-state index is 0.157. The van der Waals surface area contributed by atoms with Crippen molar-refractivity contribution >= 4 is 23.4 Å². The molecule has 2 nitrogen and oxygen atoms in total. The van der Waals surface area contributed by atoms with Crippen molar-refractivity contribution in [2.24, 2.45) is 0 Å². The number of nitrogens with zero attached hydrogens (tertiary/aromatic N) is 2. The van der Waals surface area contributed by atoms with E-state index in [4.69, 9.17) is 11.6 Å². The van der Waals surface area contributed by atoms with Gasteiger partial charge in [-0.3, -0.25) is 0 Å². The van der Waals surface area contributed by atoms with Crippen LogP contribution in [0.5, 0.6) is 0 Å². The molecule has 0 aliphatic carbocycles. The highest BCUT2D eigenvalue weighted by Gasteiger charge is 2.13. The first-order valence-corrected chi connectivity index (χ1v) is 5.26. The number of aryl methyl sites for hydroxylation is 1. The lowest BCUT2D eigenvalue weighted by molar-refractivity contribution is 0.798. The summed E-state index contributed by atoms with van der Waals surface area (Å²) >= 11 is 7.44. The van der Waals surface area contributed by atoms with Crippen LogP contribution in [0.3, 0.4) is 0 Å². The molecule has 0 N–H and O–H groups in total. The lowest BCUT2D eigenvalue weighted by Gasteiger charge is -2.16. The van der Waals surface area contributed by atoms with E-state index in [2.05, 4.69) is 30.7 Å². The van der Waals surface area contributed by atoms with E-state index < -0.39 is 0 Å². The highest BCUT2D eigenvalue weighted by molar-refractivity contribution is 8.00. The van der Waals surface area contributed by atoms with Gasteiger partial charge in [0.05, 0.1) is 0 Å². The van der Waals surface area contributed by atoms with Crippen molar-refractivity contribution < 1.29 is 0 Å². The molecule has 0 saturated carbocycles. The average molecular weight is 217 g/mol. The Kier molecular flexibility index (Phi) is 3.19. The third-order valence-electron chi connectivity index (χ3n) is 1.21. The van der Waals surface area contributed by atoms with Crippen molar-refractivity contribution in [2.45, 2.75) is 37.5 Å².